The number of hydrogen-bond acceptors (Lipinski definition) is 2. The largest absolute Gasteiger partial charge is 0.459 e. The molecule has 1 fully saturated rings. The number of carbonyl (C=O) groups is 1. The van der Waals surface area contributed by atoms with Crippen molar-refractivity contribution in [2.24, 2.45) is 0 Å². The van der Waals surface area contributed by atoms with Crippen LogP contribution in [-0.4, -0.2) is 11.9 Å². The lowest BCUT2D eigenvalue weighted by molar-refractivity contribution is 0.0923. The van der Waals surface area contributed by atoms with Gasteiger partial charge >= 0.3 is 0 Å². The molecule has 1 aromatic rings. The van der Waals surface area contributed by atoms with Crippen LogP contribution in [0.15, 0.2) is 16.7 Å². The first-order valence-corrected chi connectivity index (χ1v) is 5.12. The van der Waals surface area contributed by atoms with Crippen LogP contribution in [0, 0.1) is 6.92 Å². The van der Waals surface area contributed by atoms with E-state index in [0.717, 1.165) is 18.4 Å². The molecule has 1 aromatic heterocycles. The summed E-state index contributed by atoms with van der Waals surface area (Å²) in [7, 11) is 0. The Morgan fingerprint density at radius 2 is 2.14 bits per heavy atom. The van der Waals surface area contributed by atoms with E-state index < -0.39 is 0 Å². The van der Waals surface area contributed by atoms with Crippen molar-refractivity contribution >= 4 is 5.91 Å². The zero-order chi connectivity index (χ0) is 10.6. The zero-order valence-electron chi connectivity index (χ0n) is 8.96. The first-order chi connectivity index (χ1) is 6.75. The van der Waals surface area contributed by atoms with Crippen LogP contribution in [0.5, 0.6) is 0 Å². The molecule has 0 spiro atoms. The second kappa shape index (κ2) is 4.84. The number of hydrogen-bond donors (Lipinski definition) is 1. The van der Waals surface area contributed by atoms with Gasteiger partial charge in [-0.15, -0.1) is 0 Å². The Balaban J connectivity index is 0.000000461. The van der Waals surface area contributed by atoms with Crippen molar-refractivity contribution < 1.29 is 9.21 Å². The van der Waals surface area contributed by atoms with Crippen molar-refractivity contribution in [3.8, 4) is 0 Å². The summed E-state index contributed by atoms with van der Waals surface area (Å²) in [5.74, 6) is 0.324. The summed E-state index contributed by atoms with van der Waals surface area (Å²) in [5, 5.41) is 2.85. The maximum absolute atomic E-state index is 11.3. The lowest BCUT2D eigenvalue weighted by Crippen LogP contribution is -2.24. The second-order valence-electron chi connectivity index (χ2n) is 3.24. The van der Waals surface area contributed by atoms with Gasteiger partial charge in [0.1, 0.15) is 0 Å². The zero-order valence-corrected chi connectivity index (χ0v) is 8.96. The Bertz CT molecular complexity index is 300. The molecule has 1 N–H and O–H groups in total. The number of furan rings is 1. The van der Waals surface area contributed by atoms with Gasteiger partial charge in [0, 0.05) is 6.04 Å². The molecule has 1 heterocycles. The highest BCUT2D eigenvalue weighted by atomic mass is 16.3. The summed E-state index contributed by atoms with van der Waals surface area (Å²) < 4.78 is 5.04. The Morgan fingerprint density at radius 3 is 2.57 bits per heavy atom. The first-order valence-electron chi connectivity index (χ1n) is 5.12. The molecule has 2 rings (SSSR count). The first kappa shape index (κ1) is 10.8. The van der Waals surface area contributed by atoms with Gasteiger partial charge in [-0.3, -0.25) is 4.79 Å². The lowest BCUT2D eigenvalue weighted by Gasteiger charge is -1.97. The smallest absolute Gasteiger partial charge is 0.287 e. The summed E-state index contributed by atoms with van der Waals surface area (Å²) >= 11 is 0. The molecule has 0 unspecified atom stereocenters. The molecule has 0 bridgehead atoms. The van der Waals surface area contributed by atoms with E-state index in [2.05, 4.69) is 5.32 Å². The standard InChI is InChI=1S/C9H11NO2.C2H6/c1-6-4-8(12-5-6)9(11)10-7-2-3-7;1-2/h4-5,7H,2-3H2,1H3,(H,10,11);1-2H3. The van der Waals surface area contributed by atoms with Gasteiger partial charge in [-0.05, 0) is 31.4 Å². The van der Waals surface area contributed by atoms with Gasteiger partial charge in [0.25, 0.3) is 5.91 Å². The van der Waals surface area contributed by atoms with E-state index in [1.807, 2.05) is 20.8 Å². The highest BCUT2D eigenvalue weighted by molar-refractivity contribution is 5.91. The van der Waals surface area contributed by atoms with Crippen LogP contribution in [0.1, 0.15) is 42.8 Å². The number of carbonyl (C=O) groups excluding carboxylic acids is 1. The molecule has 1 aliphatic rings. The Labute approximate surface area is 84.5 Å². The lowest BCUT2D eigenvalue weighted by atomic mass is 10.3. The molecule has 3 nitrogen and oxygen atoms in total. The van der Waals surface area contributed by atoms with E-state index in [-0.39, 0.29) is 5.91 Å². The topological polar surface area (TPSA) is 42.2 Å². The fourth-order valence-electron chi connectivity index (χ4n) is 1.03. The Kier molecular flexibility index (Phi) is 3.74. The van der Waals surface area contributed by atoms with Gasteiger partial charge in [-0.25, -0.2) is 0 Å². The van der Waals surface area contributed by atoms with Gasteiger partial charge in [-0.2, -0.15) is 0 Å². The molecule has 3 heteroatoms. The van der Waals surface area contributed by atoms with Gasteiger partial charge in [0.15, 0.2) is 5.76 Å². The number of amides is 1. The van der Waals surface area contributed by atoms with Crippen molar-refractivity contribution in [3.05, 3.63) is 23.7 Å². The molecule has 14 heavy (non-hydrogen) atoms. The van der Waals surface area contributed by atoms with Crippen molar-refractivity contribution in [2.45, 2.75) is 39.7 Å². The summed E-state index contributed by atoms with van der Waals surface area (Å²) in [6.45, 7) is 5.90. The average molecular weight is 195 g/mol. The fourth-order valence-corrected chi connectivity index (χ4v) is 1.03. The van der Waals surface area contributed by atoms with E-state index in [4.69, 9.17) is 4.42 Å². The molecule has 0 aliphatic heterocycles. The van der Waals surface area contributed by atoms with Gasteiger partial charge in [0.2, 0.25) is 0 Å². The molecule has 78 valence electrons. The molecule has 0 atom stereocenters. The van der Waals surface area contributed by atoms with Crippen molar-refractivity contribution in [2.75, 3.05) is 0 Å². The van der Waals surface area contributed by atoms with Crippen LogP contribution in [0.3, 0.4) is 0 Å². The molecule has 1 aliphatic carbocycles. The SMILES string of the molecule is CC.Cc1coc(C(=O)NC2CC2)c1. The van der Waals surface area contributed by atoms with Crippen LogP contribution in [-0.2, 0) is 0 Å². The molecule has 0 saturated heterocycles. The van der Waals surface area contributed by atoms with Crippen LogP contribution in [0.4, 0.5) is 0 Å². The van der Waals surface area contributed by atoms with Crippen LogP contribution < -0.4 is 5.32 Å². The number of aryl methyl sites for hydroxylation is 1. The molecular weight excluding hydrogens is 178 g/mol. The van der Waals surface area contributed by atoms with E-state index in [1.165, 1.54) is 0 Å². The number of rotatable bonds is 2. The fraction of sp³-hybridized carbons (Fsp3) is 0.545. The van der Waals surface area contributed by atoms with Crippen LogP contribution >= 0.6 is 0 Å². The molecular formula is C11H17NO2. The Hall–Kier alpha value is -1.25. The van der Waals surface area contributed by atoms with Gasteiger partial charge in [0.05, 0.1) is 6.26 Å². The predicted octanol–water partition coefficient (Wildman–Crippen LogP) is 2.51. The van der Waals surface area contributed by atoms with Crippen molar-refractivity contribution in [3.63, 3.8) is 0 Å². The summed E-state index contributed by atoms with van der Waals surface area (Å²) in [6, 6.07) is 2.14. The quantitative estimate of drug-likeness (QED) is 0.787. The highest BCUT2D eigenvalue weighted by Crippen LogP contribution is 2.19. The van der Waals surface area contributed by atoms with E-state index in [0.29, 0.717) is 11.8 Å². The second-order valence-corrected chi connectivity index (χ2v) is 3.24. The minimum absolute atomic E-state index is 0.0920. The van der Waals surface area contributed by atoms with Crippen molar-refractivity contribution in [1.29, 1.82) is 0 Å². The van der Waals surface area contributed by atoms with Crippen molar-refractivity contribution in [1.82, 2.24) is 5.32 Å². The monoisotopic (exact) mass is 195 g/mol. The highest BCUT2D eigenvalue weighted by Gasteiger charge is 2.24. The minimum Gasteiger partial charge on any atom is -0.459 e. The van der Waals surface area contributed by atoms with Gasteiger partial charge in [-0.1, -0.05) is 13.8 Å². The summed E-state index contributed by atoms with van der Waals surface area (Å²) in [4.78, 5) is 11.3. The number of nitrogens with one attached hydrogen (secondary N) is 1. The molecule has 1 saturated carbocycles. The van der Waals surface area contributed by atoms with E-state index >= 15 is 0 Å². The third kappa shape index (κ3) is 2.91. The summed E-state index contributed by atoms with van der Waals surface area (Å²) in [5.41, 5.74) is 0.982. The van der Waals surface area contributed by atoms with Gasteiger partial charge < -0.3 is 9.73 Å². The van der Waals surface area contributed by atoms with Crippen LogP contribution in [0.25, 0.3) is 0 Å². The molecule has 0 aromatic carbocycles. The maximum Gasteiger partial charge on any atom is 0.287 e. The van der Waals surface area contributed by atoms with E-state index in [9.17, 15) is 4.79 Å². The normalized spacial score (nSPS) is 14.2. The third-order valence-corrected chi connectivity index (χ3v) is 1.87. The van der Waals surface area contributed by atoms with E-state index in [1.54, 1.807) is 12.3 Å². The minimum atomic E-state index is -0.0920. The van der Waals surface area contributed by atoms with Crippen LogP contribution in [0.2, 0.25) is 0 Å². The molecule has 0 radical (unpaired) electrons. The predicted molar refractivity (Wildman–Crippen MR) is 55.3 cm³/mol. The molecule has 1 amide bonds. The Morgan fingerprint density at radius 1 is 1.50 bits per heavy atom. The third-order valence-electron chi connectivity index (χ3n) is 1.87. The average Bonchev–Trinajstić information content (AvgIpc) is 2.89. The maximum atomic E-state index is 11.3. The summed E-state index contributed by atoms with van der Waals surface area (Å²) in [6.07, 6.45) is 3.79.